The van der Waals surface area contributed by atoms with Gasteiger partial charge in [-0.25, -0.2) is 4.98 Å². The van der Waals surface area contributed by atoms with Crippen LogP contribution in [-0.2, 0) is 12.7 Å². The van der Waals surface area contributed by atoms with Crippen LogP contribution in [0.1, 0.15) is 27.9 Å². The van der Waals surface area contributed by atoms with E-state index in [1.165, 1.54) is 6.07 Å². The molecule has 5 rings (SSSR count). The maximum Gasteiger partial charge on any atom is 0.416 e. The highest BCUT2D eigenvalue weighted by atomic mass is 35.5. The van der Waals surface area contributed by atoms with Gasteiger partial charge >= 0.3 is 6.18 Å². The third kappa shape index (κ3) is 5.21. The van der Waals surface area contributed by atoms with Crippen LogP contribution < -0.4 is 15.5 Å². The summed E-state index contributed by atoms with van der Waals surface area (Å²) in [6.07, 6.45) is -3.44. The molecular weight excluding hydrogens is 491 g/mol. The van der Waals surface area contributed by atoms with Crippen molar-refractivity contribution in [2.24, 2.45) is 0 Å². The molecule has 10 heteroatoms. The van der Waals surface area contributed by atoms with Crippen molar-refractivity contribution in [3.63, 3.8) is 0 Å². The molecule has 184 valence electrons. The Morgan fingerprint density at radius 3 is 2.33 bits per heavy atom. The molecule has 2 heterocycles. The summed E-state index contributed by atoms with van der Waals surface area (Å²) < 4.78 is 40.0. The second kappa shape index (κ2) is 9.66. The van der Waals surface area contributed by atoms with Crippen LogP contribution in [0.2, 0.25) is 5.02 Å². The summed E-state index contributed by atoms with van der Waals surface area (Å²) in [6.45, 7) is 1.96. The molecule has 6 nitrogen and oxygen atoms in total. The molecule has 1 aliphatic rings. The molecule has 4 aromatic rings. The number of rotatable bonds is 6. The molecule has 36 heavy (non-hydrogen) atoms. The topological polar surface area (TPSA) is 70.2 Å². The molecule has 0 spiro atoms. The summed E-state index contributed by atoms with van der Waals surface area (Å²) in [5.74, 6) is 0.577. The van der Waals surface area contributed by atoms with Crippen molar-refractivity contribution < 1.29 is 18.0 Å². The number of nitrogens with zero attached hydrogens (tertiary/aromatic N) is 3. The van der Waals surface area contributed by atoms with E-state index < -0.39 is 11.7 Å². The molecule has 0 atom stereocenters. The van der Waals surface area contributed by atoms with Gasteiger partial charge in [-0.05, 0) is 66.6 Å². The van der Waals surface area contributed by atoms with Crippen molar-refractivity contribution in [2.45, 2.75) is 19.1 Å². The van der Waals surface area contributed by atoms with E-state index in [1.807, 2.05) is 17.0 Å². The van der Waals surface area contributed by atoms with Gasteiger partial charge < -0.3 is 15.5 Å². The van der Waals surface area contributed by atoms with Crippen molar-refractivity contribution in [2.75, 3.05) is 28.6 Å². The summed E-state index contributed by atoms with van der Waals surface area (Å²) in [6, 6.07) is 17.2. The fraction of sp³-hybridized carbons (Fsp3) is 0.192. The number of anilines is 3. The van der Waals surface area contributed by atoms with Gasteiger partial charge in [0.05, 0.1) is 11.1 Å². The molecule has 1 saturated heterocycles. The average molecular weight is 512 g/mol. The zero-order valence-corrected chi connectivity index (χ0v) is 19.7. The van der Waals surface area contributed by atoms with Gasteiger partial charge in [-0.1, -0.05) is 23.7 Å². The van der Waals surface area contributed by atoms with Crippen LogP contribution >= 0.6 is 11.6 Å². The molecule has 1 aromatic heterocycles. The van der Waals surface area contributed by atoms with Crippen LogP contribution in [0.4, 0.5) is 30.6 Å². The number of aromatic nitrogens is 2. The van der Waals surface area contributed by atoms with E-state index in [9.17, 15) is 18.0 Å². The minimum atomic E-state index is -4.46. The number of nitrogens with one attached hydrogen (secondary N) is 2. The minimum Gasteiger partial charge on any atom is -0.365 e. The van der Waals surface area contributed by atoms with E-state index >= 15 is 0 Å². The number of halogens is 4. The van der Waals surface area contributed by atoms with Crippen LogP contribution in [0.5, 0.6) is 0 Å². The first-order valence-electron chi connectivity index (χ1n) is 11.3. The zero-order chi connectivity index (χ0) is 25.3. The first kappa shape index (κ1) is 23.9. The standard InChI is InChI=1S/C26H21ClF3N5O/c27-19-7-4-17(5-8-19)24(36)32-20-9-2-16(3-10-20)15-31-23-21-14-18(26(28,29)30)6-11-22(21)33-25(34-23)35-12-1-13-35/h2-11,14H,1,12-13,15H2,(H,32,36)(H,31,33,34). The highest BCUT2D eigenvalue weighted by molar-refractivity contribution is 6.30. The van der Waals surface area contributed by atoms with Crippen molar-refractivity contribution in [1.29, 1.82) is 0 Å². The lowest BCUT2D eigenvalue weighted by atomic mass is 10.1. The van der Waals surface area contributed by atoms with Crippen LogP contribution in [0.15, 0.2) is 66.7 Å². The monoisotopic (exact) mass is 511 g/mol. The Hall–Kier alpha value is -3.85. The van der Waals surface area contributed by atoms with Gasteiger partial charge in [0.2, 0.25) is 5.95 Å². The number of alkyl halides is 3. The molecule has 0 saturated carbocycles. The van der Waals surface area contributed by atoms with E-state index in [1.54, 1.807) is 36.4 Å². The molecule has 0 aliphatic carbocycles. The van der Waals surface area contributed by atoms with Gasteiger partial charge in [-0.2, -0.15) is 18.2 Å². The van der Waals surface area contributed by atoms with Crippen molar-refractivity contribution >= 4 is 45.9 Å². The van der Waals surface area contributed by atoms with E-state index in [2.05, 4.69) is 20.6 Å². The lowest BCUT2D eigenvalue weighted by Gasteiger charge is -2.31. The smallest absolute Gasteiger partial charge is 0.365 e. The highest BCUT2D eigenvalue weighted by Gasteiger charge is 2.31. The van der Waals surface area contributed by atoms with Gasteiger partial charge in [0, 0.05) is 41.3 Å². The quantitative estimate of drug-likeness (QED) is 0.314. The average Bonchev–Trinajstić information content (AvgIpc) is 2.82. The van der Waals surface area contributed by atoms with Gasteiger partial charge in [0.15, 0.2) is 0 Å². The predicted octanol–water partition coefficient (Wildman–Crippen LogP) is 6.38. The number of carbonyl (C=O) groups is 1. The molecule has 1 fully saturated rings. The minimum absolute atomic E-state index is 0.260. The Labute approximate surface area is 210 Å². The fourth-order valence-corrected chi connectivity index (χ4v) is 3.91. The van der Waals surface area contributed by atoms with E-state index in [-0.39, 0.29) is 5.91 Å². The number of hydrogen-bond donors (Lipinski definition) is 2. The Bertz CT molecular complexity index is 1400. The molecule has 1 amide bonds. The molecule has 0 unspecified atom stereocenters. The van der Waals surface area contributed by atoms with Gasteiger partial charge in [-0.15, -0.1) is 0 Å². The molecule has 0 radical (unpaired) electrons. The number of fused-ring (bicyclic) bond motifs is 1. The Morgan fingerprint density at radius 1 is 0.972 bits per heavy atom. The summed E-state index contributed by atoms with van der Waals surface area (Å²) in [5.41, 5.74) is 1.66. The molecular formula is C26H21ClF3N5O. The summed E-state index contributed by atoms with van der Waals surface area (Å²) in [4.78, 5) is 23.4. The van der Waals surface area contributed by atoms with E-state index in [0.29, 0.717) is 45.5 Å². The van der Waals surface area contributed by atoms with Gasteiger partial charge in [0.25, 0.3) is 5.91 Å². The van der Waals surface area contributed by atoms with Crippen molar-refractivity contribution in [3.05, 3.63) is 88.4 Å². The molecule has 0 bridgehead atoms. The number of benzene rings is 3. The van der Waals surface area contributed by atoms with Crippen molar-refractivity contribution in [3.8, 4) is 0 Å². The summed E-state index contributed by atoms with van der Waals surface area (Å²) >= 11 is 5.86. The largest absolute Gasteiger partial charge is 0.416 e. The Kier molecular flexibility index (Phi) is 6.40. The summed E-state index contributed by atoms with van der Waals surface area (Å²) in [7, 11) is 0. The SMILES string of the molecule is O=C(Nc1ccc(CNc2nc(N3CCC3)nc3ccc(C(F)(F)F)cc23)cc1)c1ccc(Cl)cc1. The maximum absolute atomic E-state index is 13.3. The van der Waals surface area contributed by atoms with Crippen molar-refractivity contribution in [1.82, 2.24) is 9.97 Å². The van der Waals surface area contributed by atoms with Crippen LogP contribution in [0, 0.1) is 0 Å². The van der Waals surface area contributed by atoms with Gasteiger partial charge in [-0.3, -0.25) is 4.79 Å². The van der Waals surface area contributed by atoms with E-state index in [0.717, 1.165) is 37.2 Å². The second-order valence-electron chi connectivity index (χ2n) is 8.45. The first-order valence-corrected chi connectivity index (χ1v) is 11.7. The fourth-order valence-electron chi connectivity index (χ4n) is 3.78. The Morgan fingerprint density at radius 2 is 1.69 bits per heavy atom. The lowest BCUT2D eigenvalue weighted by molar-refractivity contribution is -0.137. The van der Waals surface area contributed by atoms with Gasteiger partial charge in [0.1, 0.15) is 5.82 Å². The molecule has 3 aromatic carbocycles. The predicted molar refractivity (Wildman–Crippen MR) is 135 cm³/mol. The first-order chi connectivity index (χ1) is 17.3. The Balaban J connectivity index is 1.33. The third-order valence-electron chi connectivity index (χ3n) is 5.93. The number of hydrogen-bond acceptors (Lipinski definition) is 5. The van der Waals surface area contributed by atoms with Crippen LogP contribution in [0.25, 0.3) is 10.9 Å². The van der Waals surface area contributed by atoms with Crippen LogP contribution in [0.3, 0.4) is 0 Å². The number of carbonyl (C=O) groups excluding carboxylic acids is 1. The zero-order valence-electron chi connectivity index (χ0n) is 18.9. The highest BCUT2D eigenvalue weighted by Crippen LogP contribution is 2.34. The normalized spacial score (nSPS) is 13.4. The lowest BCUT2D eigenvalue weighted by Crippen LogP contribution is -2.38. The molecule has 2 N–H and O–H groups in total. The summed E-state index contributed by atoms with van der Waals surface area (Å²) in [5, 5.41) is 6.85. The third-order valence-corrected chi connectivity index (χ3v) is 6.18. The molecule has 1 aliphatic heterocycles. The second-order valence-corrected chi connectivity index (χ2v) is 8.89. The van der Waals surface area contributed by atoms with E-state index in [4.69, 9.17) is 11.6 Å². The number of amides is 1. The maximum atomic E-state index is 13.3. The van der Waals surface area contributed by atoms with Crippen LogP contribution in [-0.4, -0.2) is 29.0 Å².